The molecule has 3 N–H and O–H groups in total. The summed E-state index contributed by atoms with van der Waals surface area (Å²) in [5.74, 6) is 0.790. The van der Waals surface area contributed by atoms with E-state index in [-0.39, 0.29) is 0 Å². The second kappa shape index (κ2) is 8.92. The molecular formula is C19H32N4O. The van der Waals surface area contributed by atoms with Gasteiger partial charge in [-0.2, -0.15) is 0 Å². The van der Waals surface area contributed by atoms with Crippen LogP contribution in [0.3, 0.4) is 0 Å². The Morgan fingerprint density at radius 1 is 1.29 bits per heavy atom. The van der Waals surface area contributed by atoms with Crippen LogP contribution < -0.4 is 15.5 Å². The molecule has 0 spiro atoms. The minimum atomic E-state index is -0.570. The molecule has 5 nitrogen and oxygen atoms in total. The van der Waals surface area contributed by atoms with E-state index in [1.165, 1.54) is 11.3 Å². The number of aliphatic imine (C=N–C) groups is 1. The molecule has 5 heteroatoms. The molecule has 1 aromatic carbocycles. The largest absolute Gasteiger partial charge is 0.388 e. The van der Waals surface area contributed by atoms with Gasteiger partial charge in [0.05, 0.1) is 12.1 Å². The van der Waals surface area contributed by atoms with E-state index in [9.17, 15) is 5.11 Å². The molecule has 1 saturated carbocycles. The summed E-state index contributed by atoms with van der Waals surface area (Å²) in [5.41, 5.74) is 1.96. The van der Waals surface area contributed by atoms with Crippen LogP contribution in [-0.4, -0.2) is 49.4 Å². The molecular weight excluding hydrogens is 300 g/mol. The zero-order valence-corrected chi connectivity index (χ0v) is 15.3. The number of anilines is 1. The van der Waals surface area contributed by atoms with Crippen molar-refractivity contribution in [3.05, 3.63) is 29.8 Å². The first-order valence-electron chi connectivity index (χ1n) is 9.12. The van der Waals surface area contributed by atoms with E-state index in [2.05, 4.69) is 65.6 Å². The number of aryl methyl sites for hydroxylation is 1. The van der Waals surface area contributed by atoms with Crippen LogP contribution in [0, 0.1) is 6.92 Å². The lowest BCUT2D eigenvalue weighted by molar-refractivity contribution is -0.0236. The maximum atomic E-state index is 10.2. The molecule has 0 atom stereocenters. The Kier molecular flexibility index (Phi) is 6.91. The minimum Gasteiger partial charge on any atom is -0.388 e. The zero-order valence-electron chi connectivity index (χ0n) is 15.3. The Morgan fingerprint density at radius 3 is 2.67 bits per heavy atom. The Bertz CT molecular complexity index is 540. The molecule has 0 bridgehead atoms. The molecule has 1 fully saturated rings. The third-order valence-corrected chi connectivity index (χ3v) is 4.58. The van der Waals surface area contributed by atoms with Gasteiger partial charge in [0, 0.05) is 31.9 Å². The average molecular weight is 332 g/mol. The Balaban J connectivity index is 1.85. The minimum absolute atomic E-state index is 0.484. The van der Waals surface area contributed by atoms with Crippen molar-refractivity contribution in [2.45, 2.75) is 45.6 Å². The highest BCUT2D eigenvalue weighted by atomic mass is 16.3. The smallest absolute Gasteiger partial charge is 0.191 e. The number of rotatable bonds is 8. The van der Waals surface area contributed by atoms with Crippen LogP contribution in [-0.2, 0) is 0 Å². The first-order chi connectivity index (χ1) is 11.6. The topological polar surface area (TPSA) is 59.9 Å². The summed E-state index contributed by atoms with van der Waals surface area (Å²) in [4.78, 5) is 6.89. The van der Waals surface area contributed by atoms with Crippen LogP contribution in [0.2, 0.25) is 0 Å². The van der Waals surface area contributed by atoms with E-state index in [0.717, 1.165) is 51.4 Å². The van der Waals surface area contributed by atoms with Gasteiger partial charge in [-0.25, -0.2) is 0 Å². The van der Waals surface area contributed by atoms with Crippen LogP contribution in [0.15, 0.2) is 29.3 Å². The predicted octanol–water partition coefficient (Wildman–Crippen LogP) is 2.29. The van der Waals surface area contributed by atoms with Crippen molar-refractivity contribution >= 4 is 11.6 Å². The summed E-state index contributed by atoms with van der Waals surface area (Å²) >= 11 is 0. The molecule has 0 saturated heterocycles. The van der Waals surface area contributed by atoms with Crippen molar-refractivity contribution in [2.75, 3.05) is 37.6 Å². The van der Waals surface area contributed by atoms with Crippen molar-refractivity contribution in [3.8, 4) is 0 Å². The molecule has 0 heterocycles. The summed E-state index contributed by atoms with van der Waals surface area (Å²) in [6.07, 6.45) is 2.84. The lowest BCUT2D eigenvalue weighted by atomic mass is 9.80. The van der Waals surface area contributed by atoms with Crippen LogP contribution in [0.25, 0.3) is 0 Å². The molecule has 1 aliphatic carbocycles. The molecule has 2 rings (SSSR count). The molecule has 0 aromatic heterocycles. The molecule has 134 valence electrons. The summed E-state index contributed by atoms with van der Waals surface area (Å²) in [6, 6.07) is 8.60. The standard InChI is InChI=1S/C19H32N4O/c1-4-20-18(22-15-19(24)10-7-11-19)21-12-13-23(5-2)17-9-6-8-16(3)14-17/h6,8-9,14,24H,4-5,7,10-13,15H2,1-3H3,(H2,20,21,22). The molecule has 0 aliphatic heterocycles. The van der Waals surface area contributed by atoms with E-state index in [0.29, 0.717) is 6.54 Å². The highest BCUT2D eigenvalue weighted by molar-refractivity contribution is 5.79. The fraction of sp³-hybridized carbons (Fsp3) is 0.632. The van der Waals surface area contributed by atoms with E-state index in [1.54, 1.807) is 0 Å². The van der Waals surface area contributed by atoms with Crippen molar-refractivity contribution < 1.29 is 5.11 Å². The predicted molar refractivity (Wildman–Crippen MR) is 102 cm³/mol. The number of likely N-dealkylation sites (N-methyl/N-ethyl adjacent to an activating group) is 1. The van der Waals surface area contributed by atoms with Gasteiger partial charge in [-0.1, -0.05) is 12.1 Å². The number of aliphatic hydroxyl groups is 1. The monoisotopic (exact) mass is 332 g/mol. The van der Waals surface area contributed by atoms with E-state index in [1.807, 2.05) is 0 Å². The number of nitrogens with zero attached hydrogens (tertiary/aromatic N) is 2. The van der Waals surface area contributed by atoms with Gasteiger partial charge in [-0.3, -0.25) is 4.99 Å². The van der Waals surface area contributed by atoms with Gasteiger partial charge in [-0.15, -0.1) is 0 Å². The van der Waals surface area contributed by atoms with Crippen LogP contribution in [0.4, 0.5) is 5.69 Å². The van der Waals surface area contributed by atoms with Gasteiger partial charge in [0.25, 0.3) is 0 Å². The fourth-order valence-corrected chi connectivity index (χ4v) is 2.91. The van der Waals surface area contributed by atoms with Gasteiger partial charge in [0.2, 0.25) is 0 Å². The van der Waals surface area contributed by atoms with Crippen molar-refractivity contribution in [1.82, 2.24) is 10.6 Å². The normalized spacial score (nSPS) is 16.4. The van der Waals surface area contributed by atoms with Gasteiger partial charge in [0.1, 0.15) is 0 Å². The van der Waals surface area contributed by atoms with Gasteiger partial charge in [0.15, 0.2) is 5.96 Å². The van der Waals surface area contributed by atoms with Crippen molar-refractivity contribution in [3.63, 3.8) is 0 Å². The molecule has 0 amide bonds. The average Bonchev–Trinajstić information content (AvgIpc) is 2.54. The number of nitrogens with one attached hydrogen (secondary N) is 2. The zero-order chi connectivity index (χ0) is 17.4. The van der Waals surface area contributed by atoms with Crippen molar-refractivity contribution in [2.24, 2.45) is 4.99 Å². The Morgan fingerprint density at radius 2 is 2.08 bits per heavy atom. The molecule has 0 radical (unpaired) electrons. The first kappa shape index (κ1) is 18.6. The summed E-state index contributed by atoms with van der Waals surface area (Å²) in [6.45, 7) is 10.3. The second-order valence-electron chi connectivity index (χ2n) is 6.62. The quantitative estimate of drug-likeness (QED) is 0.505. The lowest BCUT2D eigenvalue weighted by Gasteiger charge is -2.35. The van der Waals surface area contributed by atoms with Gasteiger partial charge >= 0.3 is 0 Å². The summed E-state index contributed by atoms with van der Waals surface area (Å²) in [5, 5.41) is 16.8. The number of benzene rings is 1. The Hall–Kier alpha value is -1.75. The Labute approximate surface area is 146 Å². The first-order valence-corrected chi connectivity index (χ1v) is 9.12. The molecule has 24 heavy (non-hydrogen) atoms. The third-order valence-electron chi connectivity index (χ3n) is 4.58. The van der Waals surface area contributed by atoms with Crippen LogP contribution in [0.5, 0.6) is 0 Å². The summed E-state index contributed by atoms with van der Waals surface area (Å²) < 4.78 is 0. The second-order valence-corrected chi connectivity index (χ2v) is 6.62. The maximum absolute atomic E-state index is 10.2. The number of guanidine groups is 1. The van der Waals surface area contributed by atoms with E-state index < -0.39 is 5.60 Å². The maximum Gasteiger partial charge on any atom is 0.191 e. The van der Waals surface area contributed by atoms with E-state index in [4.69, 9.17) is 0 Å². The highest BCUT2D eigenvalue weighted by Crippen LogP contribution is 2.31. The highest BCUT2D eigenvalue weighted by Gasteiger charge is 2.34. The number of hydrogen-bond acceptors (Lipinski definition) is 3. The SMILES string of the molecule is CCNC(=NCC1(O)CCC1)NCCN(CC)c1cccc(C)c1. The fourth-order valence-electron chi connectivity index (χ4n) is 2.91. The molecule has 1 aliphatic rings. The third kappa shape index (κ3) is 5.41. The van der Waals surface area contributed by atoms with Gasteiger partial charge in [-0.05, 0) is 57.7 Å². The van der Waals surface area contributed by atoms with E-state index >= 15 is 0 Å². The van der Waals surface area contributed by atoms with Crippen LogP contribution in [0.1, 0.15) is 38.7 Å². The van der Waals surface area contributed by atoms with Crippen LogP contribution >= 0.6 is 0 Å². The van der Waals surface area contributed by atoms with Gasteiger partial charge < -0.3 is 20.6 Å². The van der Waals surface area contributed by atoms with Crippen molar-refractivity contribution in [1.29, 1.82) is 0 Å². The summed E-state index contributed by atoms with van der Waals surface area (Å²) in [7, 11) is 0. The lowest BCUT2D eigenvalue weighted by Crippen LogP contribution is -2.44. The molecule has 1 aromatic rings. The molecule has 0 unspecified atom stereocenters. The number of hydrogen-bond donors (Lipinski definition) is 3.